The van der Waals surface area contributed by atoms with Crippen LogP contribution < -0.4 is 0 Å². The van der Waals surface area contributed by atoms with Crippen molar-refractivity contribution in [1.82, 2.24) is 0 Å². The first-order valence-electron chi connectivity index (χ1n) is 13.0. The van der Waals surface area contributed by atoms with Gasteiger partial charge in [-0.2, -0.15) is 0 Å². The first-order valence-corrected chi connectivity index (χ1v) is 13.0. The Hall–Kier alpha value is -2.92. The fourth-order valence-electron chi connectivity index (χ4n) is 5.05. The van der Waals surface area contributed by atoms with Gasteiger partial charge in [0.1, 0.15) is 0 Å². The Kier molecular flexibility index (Phi) is 11.4. The summed E-state index contributed by atoms with van der Waals surface area (Å²) in [6.45, 7) is 7.92. The highest BCUT2D eigenvalue weighted by atomic mass is 16.4. The van der Waals surface area contributed by atoms with E-state index in [4.69, 9.17) is 0 Å². The van der Waals surface area contributed by atoms with Gasteiger partial charge in [0, 0.05) is 17.4 Å². The molecule has 0 radical (unpaired) electrons. The molecular formula is C31H42O5. The molecule has 0 saturated heterocycles. The fraction of sp³-hybridized carbons (Fsp3) is 0.484. The van der Waals surface area contributed by atoms with Crippen LogP contribution in [-0.4, -0.2) is 33.4 Å². The summed E-state index contributed by atoms with van der Waals surface area (Å²) in [6, 6.07) is 19.7. The molecular weight excluding hydrogens is 452 g/mol. The van der Waals surface area contributed by atoms with E-state index in [-0.39, 0.29) is 17.4 Å². The highest BCUT2D eigenvalue weighted by Gasteiger charge is 2.33. The molecule has 36 heavy (non-hydrogen) atoms. The summed E-state index contributed by atoms with van der Waals surface area (Å²) in [5, 5.41) is 29.3. The van der Waals surface area contributed by atoms with Crippen molar-refractivity contribution in [1.29, 1.82) is 0 Å². The average molecular weight is 495 g/mol. The Morgan fingerprint density at radius 1 is 0.778 bits per heavy atom. The van der Waals surface area contributed by atoms with Crippen LogP contribution in [0.3, 0.4) is 0 Å². The molecule has 2 aromatic rings. The minimum absolute atomic E-state index is 0.143. The molecule has 0 spiro atoms. The van der Waals surface area contributed by atoms with Crippen molar-refractivity contribution in [2.45, 2.75) is 95.0 Å². The normalized spacial score (nSPS) is 15.4. The van der Waals surface area contributed by atoms with E-state index in [9.17, 15) is 24.9 Å². The molecule has 0 aromatic heterocycles. The fourth-order valence-corrected chi connectivity index (χ4v) is 5.05. The lowest BCUT2D eigenvalue weighted by Gasteiger charge is -2.31. The summed E-state index contributed by atoms with van der Waals surface area (Å²) in [5.41, 5.74) is 1.46. The van der Waals surface area contributed by atoms with Crippen molar-refractivity contribution >= 4 is 11.9 Å². The zero-order valence-corrected chi connectivity index (χ0v) is 21.8. The third kappa shape index (κ3) is 8.63. The van der Waals surface area contributed by atoms with Crippen molar-refractivity contribution in [3.63, 3.8) is 0 Å². The molecule has 2 rings (SSSR count). The predicted molar refractivity (Wildman–Crippen MR) is 144 cm³/mol. The molecule has 3 unspecified atom stereocenters. The minimum atomic E-state index is -0.979. The second-order valence-electron chi connectivity index (χ2n) is 10.4. The molecule has 0 heterocycles. The summed E-state index contributed by atoms with van der Waals surface area (Å²) >= 11 is 0. The van der Waals surface area contributed by atoms with Crippen molar-refractivity contribution in [3.8, 4) is 0 Å². The maximum Gasteiger partial charge on any atom is 0.331 e. The monoisotopic (exact) mass is 494 g/mol. The molecule has 0 bridgehead atoms. The van der Waals surface area contributed by atoms with Gasteiger partial charge >= 0.3 is 11.9 Å². The highest BCUT2D eigenvalue weighted by molar-refractivity contribution is 5.89. The van der Waals surface area contributed by atoms with Crippen LogP contribution in [0.1, 0.15) is 89.2 Å². The zero-order valence-electron chi connectivity index (χ0n) is 21.8. The summed E-state index contributed by atoms with van der Waals surface area (Å²) in [6.07, 6.45) is 6.70. The van der Waals surface area contributed by atoms with Gasteiger partial charge in [-0.25, -0.2) is 4.79 Å². The largest absolute Gasteiger partial charge is 0.481 e. The van der Waals surface area contributed by atoms with E-state index in [1.54, 1.807) is 0 Å². The van der Waals surface area contributed by atoms with Crippen molar-refractivity contribution in [3.05, 3.63) is 83.9 Å². The predicted octanol–water partition coefficient (Wildman–Crippen LogP) is 6.89. The Morgan fingerprint density at radius 2 is 1.28 bits per heavy atom. The molecule has 0 aliphatic rings. The minimum Gasteiger partial charge on any atom is -0.481 e. The van der Waals surface area contributed by atoms with Crippen LogP contribution in [0.5, 0.6) is 0 Å². The van der Waals surface area contributed by atoms with E-state index >= 15 is 0 Å². The lowest BCUT2D eigenvalue weighted by molar-refractivity contribution is -0.137. The van der Waals surface area contributed by atoms with Gasteiger partial charge in [0.25, 0.3) is 0 Å². The molecule has 0 saturated carbocycles. The Labute approximate surface area is 215 Å². The number of benzene rings is 2. The number of hydrogen-bond acceptors (Lipinski definition) is 3. The van der Waals surface area contributed by atoms with Gasteiger partial charge < -0.3 is 15.3 Å². The van der Waals surface area contributed by atoms with Gasteiger partial charge in [-0.15, -0.1) is 0 Å². The topological polar surface area (TPSA) is 94.8 Å². The van der Waals surface area contributed by atoms with E-state index < -0.39 is 23.5 Å². The van der Waals surface area contributed by atoms with Crippen molar-refractivity contribution < 1.29 is 24.9 Å². The Bertz CT molecular complexity index is 971. The van der Waals surface area contributed by atoms with Crippen LogP contribution in [0.2, 0.25) is 0 Å². The van der Waals surface area contributed by atoms with Gasteiger partial charge in [0.15, 0.2) is 0 Å². The van der Waals surface area contributed by atoms with Crippen LogP contribution in [-0.2, 0) is 20.4 Å². The van der Waals surface area contributed by atoms with Crippen LogP contribution in [0.15, 0.2) is 72.8 Å². The number of carboxylic acid groups (broad SMARTS) is 2. The number of aliphatic hydroxyl groups excluding tert-OH is 1. The van der Waals surface area contributed by atoms with Crippen LogP contribution in [0.25, 0.3) is 0 Å². The van der Waals surface area contributed by atoms with E-state index in [0.717, 1.165) is 43.2 Å². The van der Waals surface area contributed by atoms with Gasteiger partial charge in [-0.3, -0.25) is 4.79 Å². The second-order valence-corrected chi connectivity index (χ2v) is 10.4. The molecule has 3 atom stereocenters. The molecule has 0 aliphatic heterocycles. The SMILES string of the molecule is C=C(C(=O)O)C(C)(CCCCC(O)CCCCC(C)(CCC(=O)O)c1ccccc1)c1ccccc1. The zero-order chi connectivity index (χ0) is 26.6. The van der Waals surface area contributed by atoms with E-state index in [1.807, 2.05) is 55.5 Å². The maximum atomic E-state index is 11.7. The first kappa shape index (κ1) is 29.3. The molecule has 0 aliphatic carbocycles. The molecule has 196 valence electrons. The van der Waals surface area contributed by atoms with Crippen molar-refractivity contribution in [2.75, 3.05) is 0 Å². The number of hydrogen-bond donors (Lipinski definition) is 3. The number of unbranched alkanes of at least 4 members (excludes halogenated alkanes) is 2. The molecule has 3 N–H and O–H groups in total. The standard InChI is InChI=1S/C31H42O5/c1-24(29(35)36)31(3,26-16-8-5-9-17-26)22-13-11-19-27(32)18-10-12-21-30(2,23-20-28(33)34)25-14-6-4-7-15-25/h4-9,14-17,27,32H,1,10-13,18-23H2,2-3H3,(H,33,34)(H,35,36). The summed E-state index contributed by atoms with van der Waals surface area (Å²) in [5.74, 6) is -1.75. The van der Waals surface area contributed by atoms with E-state index in [1.165, 1.54) is 0 Å². The number of aliphatic carboxylic acids is 2. The number of carboxylic acids is 2. The third-order valence-electron chi connectivity index (χ3n) is 7.68. The highest BCUT2D eigenvalue weighted by Crippen LogP contribution is 2.37. The van der Waals surface area contributed by atoms with Gasteiger partial charge in [0.2, 0.25) is 0 Å². The summed E-state index contributed by atoms with van der Waals surface area (Å²) in [4.78, 5) is 22.8. The molecule has 0 fully saturated rings. The van der Waals surface area contributed by atoms with Gasteiger partial charge in [0.05, 0.1) is 6.10 Å². The maximum absolute atomic E-state index is 11.7. The van der Waals surface area contributed by atoms with Crippen LogP contribution in [0, 0.1) is 0 Å². The van der Waals surface area contributed by atoms with E-state index in [0.29, 0.717) is 25.7 Å². The molecule has 0 amide bonds. The van der Waals surface area contributed by atoms with Gasteiger partial charge in [-0.1, -0.05) is 107 Å². The Balaban J connectivity index is 1.80. The number of aliphatic hydroxyl groups is 1. The second kappa shape index (κ2) is 14.0. The molecule has 2 aromatic carbocycles. The average Bonchev–Trinajstić information content (AvgIpc) is 2.88. The smallest absolute Gasteiger partial charge is 0.331 e. The quantitative estimate of drug-likeness (QED) is 0.164. The first-order chi connectivity index (χ1) is 17.1. The third-order valence-corrected chi connectivity index (χ3v) is 7.68. The number of carbonyl (C=O) groups is 2. The lowest BCUT2D eigenvalue weighted by atomic mass is 9.72. The van der Waals surface area contributed by atoms with Gasteiger partial charge in [-0.05, 0) is 48.6 Å². The summed E-state index contributed by atoms with van der Waals surface area (Å²) in [7, 11) is 0. The van der Waals surface area contributed by atoms with Crippen LogP contribution >= 0.6 is 0 Å². The molecule has 5 nitrogen and oxygen atoms in total. The van der Waals surface area contributed by atoms with E-state index in [2.05, 4.69) is 25.6 Å². The van der Waals surface area contributed by atoms with Crippen molar-refractivity contribution in [2.24, 2.45) is 0 Å². The van der Waals surface area contributed by atoms with Crippen LogP contribution in [0.4, 0.5) is 0 Å². The Morgan fingerprint density at radius 3 is 1.78 bits per heavy atom. The number of rotatable bonds is 17. The lowest BCUT2D eigenvalue weighted by Crippen LogP contribution is -2.28. The molecule has 5 heteroatoms. The summed E-state index contributed by atoms with van der Waals surface area (Å²) < 4.78 is 0.